The average molecular weight is 366 g/mol. The molecule has 1 unspecified atom stereocenters. The Labute approximate surface area is 155 Å². The molecule has 1 aliphatic carbocycles. The van der Waals surface area contributed by atoms with Gasteiger partial charge in [-0.1, -0.05) is 6.92 Å². The smallest absolute Gasteiger partial charge is 0.243 e. The Kier molecular flexibility index (Phi) is 7.68. The molecule has 0 radical (unpaired) electrons. The molecule has 1 atom stereocenters. The fraction of sp³-hybridized carbons (Fsp3) is 0.722. The van der Waals surface area contributed by atoms with Gasteiger partial charge in [0.25, 0.3) is 0 Å². The maximum Gasteiger partial charge on any atom is 0.243 e. The van der Waals surface area contributed by atoms with Gasteiger partial charge in [0.15, 0.2) is 5.96 Å². The number of nitrogens with zero attached hydrogens (tertiary/aromatic N) is 3. The van der Waals surface area contributed by atoms with Crippen molar-refractivity contribution in [2.45, 2.75) is 58.4 Å². The minimum atomic E-state index is -0.00199. The maximum atomic E-state index is 11.8. The summed E-state index contributed by atoms with van der Waals surface area (Å²) in [5.41, 5.74) is 1.31. The van der Waals surface area contributed by atoms with Crippen molar-refractivity contribution in [2.24, 2.45) is 4.99 Å². The molecule has 140 valence electrons. The van der Waals surface area contributed by atoms with Gasteiger partial charge in [-0.25, -0.2) is 9.98 Å². The Bertz CT molecular complexity index is 573. The molecule has 0 aliphatic heterocycles. The molecular formula is C18H31N5OS. The molecular weight excluding hydrogens is 334 g/mol. The van der Waals surface area contributed by atoms with E-state index in [4.69, 9.17) is 4.98 Å². The SMILES string of the molecule is CCC(C)NC(=NCC(=O)N(C)C)NCCc1nc2c(s1)CCCC2. The molecule has 0 saturated heterocycles. The number of thiazole rings is 1. The van der Waals surface area contributed by atoms with Crippen molar-refractivity contribution >= 4 is 23.2 Å². The lowest BCUT2D eigenvalue weighted by Crippen LogP contribution is -2.43. The Morgan fingerprint density at radius 2 is 2.12 bits per heavy atom. The molecule has 1 heterocycles. The summed E-state index contributed by atoms with van der Waals surface area (Å²) < 4.78 is 0. The van der Waals surface area contributed by atoms with Crippen LogP contribution in [0.25, 0.3) is 0 Å². The van der Waals surface area contributed by atoms with Gasteiger partial charge in [-0.2, -0.15) is 0 Å². The summed E-state index contributed by atoms with van der Waals surface area (Å²) in [6, 6.07) is 0.313. The first kappa shape index (κ1) is 19.7. The molecule has 1 amide bonds. The summed E-state index contributed by atoms with van der Waals surface area (Å²) in [6.07, 6.45) is 6.78. The molecule has 0 saturated carbocycles. The lowest BCUT2D eigenvalue weighted by Gasteiger charge is -2.17. The van der Waals surface area contributed by atoms with Crippen molar-refractivity contribution < 1.29 is 4.79 Å². The van der Waals surface area contributed by atoms with E-state index in [1.807, 2.05) is 11.3 Å². The Morgan fingerprint density at radius 3 is 2.80 bits per heavy atom. The quantitative estimate of drug-likeness (QED) is 0.573. The number of nitrogens with one attached hydrogen (secondary N) is 2. The second kappa shape index (κ2) is 9.75. The molecule has 1 aromatic rings. The number of fused-ring (bicyclic) bond motifs is 1. The number of aryl methyl sites for hydroxylation is 2. The van der Waals surface area contributed by atoms with E-state index in [1.54, 1.807) is 19.0 Å². The third kappa shape index (κ3) is 6.30. The minimum Gasteiger partial charge on any atom is -0.356 e. The van der Waals surface area contributed by atoms with Crippen LogP contribution in [0.3, 0.4) is 0 Å². The first-order valence-corrected chi connectivity index (χ1v) is 10.0. The first-order chi connectivity index (χ1) is 12.0. The third-order valence-electron chi connectivity index (χ3n) is 4.39. The first-order valence-electron chi connectivity index (χ1n) is 9.22. The van der Waals surface area contributed by atoms with E-state index < -0.39 is 0 Å². The van der Waals surface area contributed by atoms with Gasteiger partial charge < -0.3 is 15.5 Å². The lowest BCUT2D eigenvalue weighted by molar-refractivity contribution is -0.127. The molecule has 2 rings (SSSR count). The van der Waals surface area contributed by atoms with Gasteiger partial charge in [-0.05, 0) is 39.0 Å². The van der Waals surface area contributed by atoms with Crippen molar-refractivity contribution in [3.05, 3.63) is 15.6 Å². The number of hydrogen-bond acceptors (Lipinski definition) is 4. The van der Waals surface area contributed by atoms with Crippen molar-refractivity contribution in [2.75, 3.05) is 27.2 Å². The topological polar surface area (TPSA) is 69.6 Å². The van der Waals surface area contributed by atoms with E-state index in [0.717, 1.165) is 25.8 Å². The van der Waals surface area contributed by atoms with E-state index in [9.17, 15) is 4.79 Å². The number of rotatable bonds is 7. The highest BCUT2D eigenvalue weighted by Crippen LogP contribution is 2.26. The summed E-state index contributed by atoms with van der Waals surface area (Å²) in [7, 11) is 3.49. The maximum absolute atomic E-state index is 11.8. The van der Waals surface area contributed by atoms with Gasteiger partial charge >= 0.3 is 0 Å². The Balaban J connectivity index is 1.88. The highest BCUT2D eigenvalue weighted by atomic mass is 32.1. The van der Waals surface area contributed by atoms with Gasteiger partial charge in [0.2, 0.25) is 5.91 Å². The fourth-order valence-corrected chi connectivity index (χ4v) is 3.73. The van der Waals surface area contributed by atoms with Gasteiger partial charge in [0.1, 0.15) is 6.54 Å². The van der Waals surface area contributed by atoms with Gasteiger partial charge in [-0.15, -0.1) is 11.3 Å². The molecule has 25 heavy (non-hydrogen) atoms. The van der Waals surface area contributed by atoms with Crippen molar-refractivity contribution in [1.29, 1.82) is 0 Å². The van der Waals surface area contributed by atoms with Gasteiger partial charge in [-0.3, -0.25) is 4.79 Å². The number of amides is 1. The molecule has 0 fully saturated rings. The minimum absolute atomic E-state index is 0.00199. The molecule has 0 aromatic carbocycles. The van der Waals surface area contributed by atoms with E-state index in [0.29, 0.717) is 12.0 Å². The standard InChI is InChI=1S/C18H31N5OS/c1-5-13(2)21-18(20-12-17(24)23(3)4)19-11-10-16-22-14-8-6-7-9-15(14)25-16/h13H,5-12H2,1-4H3,(H2,19,20,21). The van der Waals surface area contributed by atoms with Crippen LogP contribution in [0.1, 0.15) is 48.7 Å². The highest BCUT2D eigenvalue weighted by molar-refractivity contribution is 7.11. The second-order valence-corrected chi connectivity index (χ2v) is 7.94. The zero-order valence-electron chi connectivity index (χ0n) is 15.9. The summed E-state index contributed by atoms with van der Waals surface area (Å²) in [5, 5.41) is 7.89. The second-order valence-electron chi connectivity index (χ2n) is 6.77. The molecule has 0 bridgehead atoms. The summed E-state index contributed by atoms with van der Waals surface area (Å²) in [4.78, 5) is 24.0. The molecule has 1 aromatic heterocycles. The van der Waals surface area contributed by atoms with Crippen LogP contribution in [-0.2, 0) is 24.1 Å². The molecule has 1 aliphatic rings. The number of hydrogen-bond donors (Lipinski definition) is 2. The molecule has 0 spiro atoms. The largest absolute Gasteiger partial charge is 0.356 e. The number of aromatic nitrogens is 1. The number of carbonyl (C=O) groups excluding carboxylic acids is 1. The third-order valence-corrected chi connectivity index (χ3v) is 5.61. The van der Waals surface area contributed by atoms with Gasteiger partial charge in [0.05, 0.1) is 10.7 Å². The van der Waals surface area contributed by atoms with Crippen molar-refractivity contribution in [1.82, 2.24) is 20.5 Å². The number of carbonyl (C=O) groups is 1. The van der Waals surface area contributed by atoms with Crippen LogP contribution in [0.4, 0.5) is 0 Å². The monoisotopic (exact) mass is 365 g/mol. The molecule has 7 heteroatoms. The zero-order chi connectivity index (χ0) is 18.2. The number of aliphatic imine (C=N–C) groups is 1. The number of guanidine groups is 1. The van der Waals surface area contributed by atoms with Crippen LogP contribution >= 0.6 is 11.3 Å². The Morgan fingerprint density at radius 1 is 1.36 bits per heavy atom. The predicted octanol–water partition coefficient (Wildman–Crippen LogP) is 1.99. The van der Waals surface area contributed by atoms with Crippen molar-refractivity contribution in [3.8, 4) is 0 Å². The zero-order valence-corrected chi connectivity index (χ0v) is 16.7. The highest BCUT2D eigenvalue weighted by Gasteiger charge is 2.15. The van der Waals surface area contributed by atoms with Crippen LogP contribution < -0.4 is 10.6 Å². The predicted molar refractivity (Wildman–Crippen MR) is 104 cm³/mol. The van der Waals surface area contributed by atoms with E-state index >= 15 is 0 Å². The molecule has 2 N–H and O–H groups in total. The van der Waals surface area contributed by atoms with Crippen LogP contribution in [0, 0.1) is 0 Å². The summed E-state index contributed by atoms with van der Waals surface area (Å²) in [5.74, 6) is 0.698. The van der Waals surface area contributed by atoms with Crippen molar-refractivity contribution in [3.63, 3.8) is 0 Å². The van der Waals surface area contributed by atoms with E-state index in [-0.39, 0.29) is 12.5 Å². The van der Waals surface area contributed by atoms with Crippen LogP contribution in [0.2, 0.25) is 0 Å². The van der Waals surface area contributed by atoms with E-state index in [1.165, 1.54) is 34.8 Å². The van der Waals surface area contributed by atoms with Crippen LogP contribution in [-0.4, -0.2) is 55.0 Å². The fourth-order valence-electron chi connectivity index (χ4n) is 2.58. The van der Waals surface area contributed by atoms with Crippen LogP contribution in [0.5, 0.6) is 0 Å². The normalized spacial score (nSPS) is 15.4. The summed E-state index contributed by atoms with van der Waals surface area (Å²) >= 11 is 1.86. The average Bonchev–Trinajstić information content (AvgIpc) is 3.01. The van der Waals surface area contributed by atoms with E-state index in [2.05, 4.69) is 29.5 Å². The van der Waals surface area contributed by atoms with Crippen LogP contribution in [0.15, 0.2) is 4.99 Å². The molecule has 6 nitrogen and oxygen atoms in total. The number of likely N-dealkylation sites (N-methyl/N-ethyl adjacent to an activating group) is 1. The lowest BCUT2D eigenvalue weighted by atomic mass is 10.0. The van der Waals surface area contributed by atoms with Gasteiger partial charge in [0, 0.05) is 38.0 Å². The Hall–Kier alpha value is -1.63. The summed E-state index contributed by atoms with van der Waals surface area (Å²) in [6.45, 7) is 5.16.